The molecule has 6 rings (SSSR count). The number of rotatable bonds is 6. The standard InChI is InChI=1S/C29H24ClF2N7O3/c1-29(19-4-2-5-20(30)24(19)31)15-39(22-8-7-16(14-40)10-33-22)27(41)18-11-34-26(25(32)23(18)29)36-17-12-38(13-17)28(42)21-6-3-9-35-37-21/h2-11,17,40H,12-15H2,1H3,(H,34,36)/t29-/m1/s1. The second kappa shape index (κ2) is 10.7. The van der Waals surface area contributed by atoms with E-state index in [1.165, 1.54) is 35.6 Å². The lowest BCUT2D eigenvalue weighted by Crippen LogP contribution is -2.57. The summed E-state index contributed by atoms with van der Waals surface area (Å²) in [4.78, 5) is 37.7. The van der Waals surface area contributed by atoms with E-state index in [4.69, 9.17) is 11.6 Å². The van der Waals surface area contributed by atoms with E-state index in [2.05, 4.69) is 25.5 Å². The third kappa shape index (κ3) is 4.62. The van der Waals surface area contributed by atoms with E-state index in [1.807, 2.05) is 0 Å². The summed E-state index contributed by atoms with van der Waals surface area (Å²) in [6.07, 6.45) is 4.16. The summed E-state index contributed by atoms with van der Waals surface area (Å²) in [5.41, 5.74) is -0.623. The number of aliphatic hydroxyl groups excluding tert-OH is 1. The van der Waals surface area contributed by atoms with E-state index in [0.717, 1.165) is 0 Å². The molecule has 0 saturated carbocycles. The lowest BCUT2D eigenvalue weighted by Gasteiger charge is -2.43. The molecule has 1 saturated heterocycles. The van der Waals surface area contributed by atoms with Gasteiger partial charge in [-0.05, 0) is 36.8 Å². The van der Waals surface area contributed by atoms with Crippen LogP contribution in [0.25, 0.3) is 0 Å². The summed E-state index contributed by atoms with van der Waals surface area (Å²) in [6.45, 7) is 1.81. The Bertz CT molecular complexity index is 1690. The molecule has 3 aromatic heterocycles. The number of likely N-dealkylation sites (tertiary alicyclic amines) is 1. The summed E-state index contributed by atoms with van der Waals surface area (Å²) in [7, 11) is 0. The zero-order valence-electron chi connectivity index (χ0n) is 22.3. The van der Waals surface area contributed by atoms with Crippen LogP contribution in [0.4, 0.5) is 20.4 Å². The minimum atomic E-state index is -1.40. The smallest absolute Gasteiger partial charge is 0.274 e. The Hall–Kier alpha value is -4.55. The largest absolute Gasteiger partial charge is 0.392 e. The van der Waals surface area contributed by atoms with Crippen molar-refractivity contribution in [3.63, 3.8) is 0 Å². The number of aliphatic hydroxyl groups is 1. The van der Waals surface area contributed by atoms with Crippen LogP contribution in [-0.4, -0.2) is 67.7 Å². The summed E-state index contributed by atoms with van der Waals surface area (Å²) in [5.74, 6) is -2.25. The predicted octanol–water partition coefficient (Wildman–Crippen LogP) is 3.59. The normalized spacial score (nSPS) is 18.5. The van der Waals surface area contributed by atoms with E-state index >= 15 is 8.78 Å². The minimum Gasteiger partial charge on any atom is -0.392 e. The molecule has 0 bridgehead atoms. The number of aromatic nitrogens is 4. The zero-order chi connectivity index (χ0) is 29.6. The Morgan fingerprint density at radius 3 is 2.62 bits per heavy atom. The van der Waals surface area contributed by atoms with Gasteiger partial charge in [-0.3, -0.25) is 14.5 Å². The summed E-state index contributed by atoms with van der Waals surface area (Å²) >= 11 is 6.14. The van der Waals surface area contributed by atoms with Gasteiger partial charge < -0.3 is 15.3 Å². The number of amides is 2. The Labute approximate surface area is 244 Å². The topological polar surface area (TPSA) is 124 Å². The van der Waals surface area contributed by atoms with Gasteiger partial charge in [0.1, 0.15) is 11.6 Å². The van der Waals surface area contributed by atoms with Crippen LogP contribution >= 0.6 is 11.6 Å². The monoisotopic (exact) mass is 591 g/mol. The molecule has 2 aliphatic heterocycles. The van der Waals surface area contributed by atoms with Gasteiger partial charge in [0.05, 0.1) is 23.2 Å². The number of benzene rings is 1. The Kier molecular flexibility index (Phi) is 7.03. The Morgan fingerprint density at radius 1 is 1.12 bits per heavy atom. The number of hydrogen-bond acceptors (Lipinski definition) is 8. The summed E-state index contributed by atoms with van der Waals surface area (Å²) in [6, 6.07) is 10.5. The molecule has 4 aromatic rings. The van der Waals surface area contributed by atoms with Crippen LogP contribution in [0.5, 0.6) is 0 Å². The maximum atomic E-state index is 16.4. The van der Waals surface area contributed by atoms with E-state index < -0.39 is 23.0 Å². The average Bonchev–Trinajstić information content (AvgIpc) is 2.98. The number of halogens is 3. The molecule has 13 heteroatoms. The lowest BCUT2D eigenvalue weighted by atomic mass is 9.71. The SMILES string of the molecule is C[C@]1(c2cccc(Cl)c2F)CN(c2ccc(CO)cn2)C(=O)c2cnc(NC3CN(C(=O)c4cccnn4)C3)c(F)c21. The van der Waals surface area contributed by atoms with Gasteiger partial charge in [0.25, 0.3) is 11.8 Å². The molecule has 42 heavy (non-hydrogen) atoms. The van der Waals surface area contributed by atoms with Gasteiger partial charge >= 0.3 is 0 Å². The van der Waals surface area contributed by atoms with Crippen molar-refractivity contribution in [3.8, 4) is 0 Å². The lowest BCUT2D eigenvalue weighted by molar-refractivity contribution is 0.0617. The van der Waals surface area contributed by atoms with Gasteiger partial charge in [-0.1, -0.05) is 29.8 Å². The van der Waals surface area contributed by atoms with E-state index in [1.54, 1.807) is 42.2 Å². The molecule has 2 amide bonds. The van der Waals surface area contributed by atoms with Crippen molar-refractivity contribution >= 4 is 35.1 Å². The van der Waals surface area contributed by atoms with Crippen LogP contribution < -0.4 is 10.2 Å². The van der Waals surface area contributed by atoms with Gasteiger partial charge in [-0.2, -0.15) is 5.10 Å². The van der Waals surface area contributed by atoms with Crippen molar-refractivity contribution in [2.75, 3.05) is 29.9 Å². The second-order valence-corrected chi connectivity index (χ2v) is 10.8. The number of carbonyl (C=O) groups excluding carboxylic acids is 2. The summed E-state index contributed by atoms with van der Waals surface area (Å²) < 4.78 is 32.0. The fourth-order valence-electron chi connectivity index (χ4n) is 5.41. The quantitative estimate of drug-likeness (QED) is 0.349. The van der Waals surface area contributed by atoms with Gasteiger partial charge in [0.15, 0.2) is 17.3 Å². The number of nitrogens with zero attached hydrogens (tertiary/aromatic N) is 6. The predicted molar refractivity (Wildman–Crippen MR) is 149 cm³/mol. The number of carbonyl (C=O) groups is 2. The highest BCUT2D eigenvalue weighted by atomic mass is 35.5. The Morgan fingerprint density at radius 2 is 1.93 bits per heavy atom. The molecule has 0 aliphatic carbocycles. The number of pyridine rings is 2. The number of hydrogen-bond donors (Lipinski definition) is 2. The van der Waals surface area contributed by atoms with E-state index in [9.17, 15) is 14.7 Å². The first-order chi connectivity index (χ1) is 20.2. The van der Waals surface area contributed by atoms with Gasteiger partial charge in [0, 0.05) is 54.8 Å². The van der Waals surface area contributed by atoms with Crippen molar-refractivity contribution < 1.29 is 23.5 Å². The first-order valence-electron chi connectivity index (χ1n) is 13.1. The molecule has 2 N–H and O–H groups in total. The van der Waals surface area contributed by atoms with Crippen LogP contribution in [0.2, 0.25) is 5.02 Å². The molecule has 1 fully saturated rings. The van der Waals surface area contributed by atoms with Gasteiger partial charge in [0.2, 0.25) is 0 Å². The first-order valence-corrected chi connectivity index (χ1v) is 13.4. The second-order valence-electron chi connectivity index (χ2n) is 10.4. The number of anilines is 2. The van der Waals surface area contributed by atoms with Gasteiger partial charge in [-0.15, -0.1) is 5.10 Å². The third-order valence-electron chi connectivity index (χ3n) is 7.64. The number of fused-ring (bicyclic) bond motifs is 1. The molecule has 0 unspecified atom stereocenters. The van der Waals surface area contributed by atoms with Crippen molar-refractivity contribution in [1.29, 1.82) is 0 Å². The highest BCUT2D eigenvalue weighted by Gasteiger charge is 2.47. The molecule has 0 spiro atoms. The van der Waals surface area contributed by atoms with Crippen LogP contribution in [-0.2, 0) is 12.0 Å². The maximum absolute atomic E-state index is 16.4. The first kappa shape index (κ1) is 27.6. The summed E-state index contributed by atoms with van der Waals surface area (Å²) in [5, 5.41) is 19.8. The molecule has 1 atom stereocenters. The minimum absolute atomic E-state index is 0.0267. The molecular weight excluding hydrogens is 568 g/mol. The van der Waals surface area contributed by atoms with Crippen molar-refractivity contribution in [1.82, 2.24) is 25.1 Å². The van der Waals surface area contributed by atoms with Crippen LogP contribution in [0.1, 0.15) is 44.5 Å². The highest BCUT2D eigenvalue weighted by molar-refractivity contribution is 6.30. The fraction of sp³-hybridized carbons (Fsp3) is 0.241. The zero-order valence-corrected chi connectivity index (χ0v) is 23.0. The van der Waals surface area contributed by atoms with Crippen LogP contribution in [0.3, 0.4) is 0 Å². The fourth-order valence-corrected chi connectivity index (χ4v) is 5.59. The molecule has 2 aliphatic rings. The van der Waals surface area contributed by atoms with Crippen molar-refractivity contribution in [3.05, 3.63) is 106 Å². The molecule has 10 nitrogen and oxygen atoms in total. The molecule has 5 heterocycles. The molecule has 0 radical (unpaired) electrons. The van der Waals surface area contributed by atoms with Crippen molar-refractivity contribution in [2.24, 2.45) is 0 Å². The average molecular weight is 592 g/mol. The van der Waals surface area contributed by atoms with Crippen LogP contribution in [0, 0.1) is 11.6 Å². The highest BCUT2D eigenvalue weighted by Crippen LogP contribution is 2.44. The van der Waals surface area contributed by atoms with Crippen molar-refractivity contribution in [2.45, 2.75) is 25.0 Å². The van der Waals surface area contributed by atoms with Gasteiger partial charge in [-0.25, -0.2) is 18.7 Å². The van der Waals surface area contributed by atoms with E-state index in [0.29, 0.717) is 5.56 Å². The third-order valence-corrected chi connectivity index (χ3v) is 7.93. The maximum Gasteiger partial charge on any atom is 0.274 e. The molecule has 1 aromatic carbocycles. The molecule has 214 valence electrons. The van der Waals surface area contributed by atoms with E-state index in [-0.39, 0.29) is 77.2 Å². The molecular formula is C29H24ClF2N7O3. The number of nitrogens with one attached hydrogen (secondary N) is 1. The van der Waals surface area contributed by atoms with Crippen LogP contribution in [0.15, 0.2) is 61.1 Å². The Balaban J connectivity index is 1.36.